The number of pyridine rings is 2. The molecule has 3 heterocycles. The average molecular weight is 516 g/mol. The molecule has 0 aliphatic rings. The molecule has 0 saturated heterocycles. The lowest BCUT2D eigenvalue weighted by Gasteiger charge is -2.14. The van der Waals surface area contributed by atoms with Gasteiger partial charge in [-0.25, -0.2) is 27.8 Å². The zero-order valence-corrected chi connectivity index (χ0v) is 20.8. The second-order valence-electron chi connectivity index (χ2n) is 8.12. The molecule has 4 aromatic rings. The van der Waals surface area contributed by atoms with Crippen LogP contribution in [0.3, 0.4) is 0 Å². The third kappa shape index (κ3) is 5.99. The molecule has 1 aromatic carbocycles. The summed E-state index contributed by atoms with van der Waals surface area (Å²) in [7, 11) is 0.0694. The van der Waals surface area contributed by atoms with E-state index in [9.17, 15) is 12.8 Å². The number of anilines is 3. The molecule has 182 valence electrons. The molecule has 0 atom stereocenters. The SMILES string of the molecule is Cc1ncc(-c2ccc3ncnc(Nc4ccc(F)c(Cl)c4)c3n2)cc1NS(=O)(=O)CCN(C)C. The summed E-state index contributed by atoms with van der Waals surface area (Å²) in [4.78, 5) is 19.4. The highest BCUT2D eigenvalue weighted by molar-refractivity contribution is 7.92. The normalized spacial score (nSPS) is 11.7. The van der Waals surface area contributed by atoms with Crippen LogP contribution in [0, 0.1) is 12.7 Å². The van der Waals surface area contributed by atoms with Gasteiger partial charge in [0.2, 0.25) is 10.0 Å². The van der Waals surface area contributed by atoms with Gasteiger partial charge in [-0.15, -0.1) is 0 Å². The number of rotatable bonds is 8. The van der Waals surface area contributed by atoms with Gasteiger partial charge in [0.1, 0.15) is 17.7 Å². The first-order chi connectivity index (χ1) is 16.6. The fourth-order valence-electron chi connectivity index (χ4n) is 3.20. The van der Waals surface area contributed by atoms with Crippen molar-refractivity contribution in [3.63, 3.8) is 0 Å². The Kier molecular flexibility index (Phi) is 7.10. The maximum atomic E-state index is 13.5. The summed E-state index contributed by atoms with van der Waals surface area (Å²) in [5, 5.41) is 3.07. The maximum absolute atomic E-state index is 13.5. The highest BCUT2D eigenvalue weighted by atomic mass is 35.5. The number of halogens is 2. The molecule has 0 spiro atoms. The minimum atomic E-state index is -3.55. The highest BCUT2D eigenvalue weighted by Crippen LogP contribution is 2.28. The Morgan fingerprint density at radius 2 is 1.89 bits per heavy atom. The Balaban J connectivity index is 1.68. The monoisotopic (exact) mass is 515 g/mol. The number of aryl methyl sites for hydroxylation is 1. The summed E-state index contributed by atoms with van der Waals surface area (Å²) in [6, 6.07) is 9.49. The standard InChI is InChI=1S/C23H23ClFN7O2S/c1-14-21(31-35(33,34)9-8-32(2)3)10-15(12-26-14)19-6-7-20-22(30-19)23(28-13-27-20)29-16-4-5-18(25)17(24)11-16/h4-7,10-13,31H,8-9H2,1-3H3,(H,27,28,29). The molecule has 35 heavy (non-hydrogen) atoms. The van der Waals surface area contributed by atoms with Gasteiger partial charge in [-0.2, -0.15) is 0 Å². The lowest BCUT2D eigenvalue weighted by atomic mass is 10.1. The van der Waals surface area contributed by atoms with Crippen molar-refractivity contribution in [1.29, 1.82) is 0 Å². The fraction of sp³-hybridized carbons (Fsp3) is 0.217. The molecule has 0 amide bonds. The number of sulfonamides is 1. The van der Waals surface area contributed by atoms with Crippen molar-refractivity contribution < 1.29 is 12.8 Å². The molecule has 0 aliphatic heterocycles. The van der Waals surface area contributed by atoms with Crippen molar-refractivity contribution in [3.05, 3.63) is 65.5 Å². The molecule has 12 heteroatoms. The molecule has 2 N–H and O–H groups in total. The van der Waals surface area contributed by atoms with E-state index in [2.05, 4.69) is 30.0 Å². The van der Waals surface area contributed by atoms with Crippen LogP contribution in [0.5, 0.6) is 0 Å². The third-order valence-electron chi connectivity index (χ3n) is 5.12. The molecular formula is C23H23ClFN7O2S. The van der Waals surface area contributed by atoms with Gasteiger partial charge in [-0.3, -0.25) is 9.71 Å². The quantitative estimate of drug-likeness (QED) is 0.358. The number of nitrogens with one attached hydrogen (secondary N) is 2. The van der Waals surface area contributed by atoms with Crippen molar-refractivity contribution in [2.45, 2.75) is 6.92 Å². The number of benzene rings is 1. The van der Waals surface area contributed by atoms with E-state index in [1.54, 1.807) is 36.2 Å². The van der Waals surface area contributed by atoms with Crippen LogP contribution in [0.4, 0.5) is 21.6 Å². The summed E-state index contributed by atoms with van der Waals surface area (Å²) < 4.78 is 41.2. The Hall–Kier alpha value is -3.41. The van der Waals surface area contributed by atoms with Crippen molar-refractivity contribution in [2.75, 3.05) is 36.4 Å². The molecular weight excluding hydrogens is 493 g/mol. The zero-order chi connectivity index (χ0) is 25.2. The van der Waals surface area contributed by atoms with Crippen molar-refractivity contribution in [1.82, 2.24) is 24.8 Å². The number of fused-ring (bicyclic) bond motifs is 1. The predicted molar refractivity (Wildman–Crippen MR) is 136 cm³/mol. The van der Waals surface area contributed by atoms with E-state index in [1.165, 1.54) is 24.5 Å². The average Bonchev–Trinajstić information content (AvgIpc) is 2.81. The maximum Gasteiger partial charge on any atom is 0.234 e. The molecule has 0 unspecified atom stereocenters. The minimum absolute atomic E-state index is 0.0201. The Labute approximate surface area is 207 Å². The number of nitrogens with zero attached hydrogens (tertiary/aromatic N) is 5. The topological polar surface area (TPSA) is 113 Å². The number of aromatic nitrogens is 4. The Morgan fingerprint density at radius 1 is 1.09 bits per heavy atom. The van der Waals surface area contributed by atoms with Gasteiger partial charge in [-0.05, 0) is 57.4 Å². The van der Waals surface area contributed by atoms with Crippen LogP contribution in [0.1, 0.15) is 5.69 Å². The van der Waals surface area contributed by atoms with Gasteiger partial charge >= 0.3 is 0 Å². The van der Waals surface area contributed by atoms with E-state index >= 15 is 0 Å². The van der Waals surface area contributed by atoms with Crippen LogP contribution in [0.15, 0.2) is 48.9 Å². The van der Waals surface area contributed by atoms with Crippen molar-refractivity contribution >= 4 is 49.9 Å². The Morgan fingerprint density at radius 3 is 2.63 bits per heavy atom. The lowest BCUT2D eigenvalue weighted by molar-refractivity contribution is 0.432. The molecule has 0 aliphatic carbocycles. The van der Waals surface area contributed by atoms with E-state index in [-0.39, 0.29) is 10.8 Å². The van der Waals surface area contributed by atoms with E-state index in [4.69, 9.17) is 11.6 Å². The second kappa shape index (κ2) is 10.1. The number of hydrogen-bond acceptors (Lipinski definition) is 8. The third-order valence-corrected chi connectivity index (χ3v) is 6.66. The minimum Gasteiger partial charge on any atom is -0.338 e. The highest BCUT2D eigenvalue weighted by Gasteiger charge is 2.15. The zero-order valence-electron chi connectivity index (χ0n) is 19.2. The molecule has 0 saturated carbocycles. The van der Waals surface area contributed by atoms with Gasteiger partial charge in [0.25, 0.3) is 0 Å². The van der Waals surface area contributed by atoms with E-state index < -0.39 is 15.8 Å². The van der Waals surface area contributed by atoms with E-state index in [1.807, 2.05) is 14.1 Å². The first-order valence-electron chi connectivity index (χ1n) is 10.6. The molecule has 4 rings (SSSR count). The van der Waals surface area contributed by atoms with Crippen molar-refractivity contribution in [3.8, 4) is 11.3 Å². The van der Waals surface area contributed by atoms with Gasteiger partial charge < -0.3 is 10.2 Å². The molecule has 3 aromatic heterocycles. The fourth-order valence-corrected chi connectivity index (χ4v) is 4.63. The van der Waals surface area contributed by atoms with Crippen LogP contribution in [-0.2, 0) is 10.0 Å². The summed E-state index contributed by atoms with van der Waals surface area (Å²) in [5.41, 5.74) is 3.68. The van der Waals surface area contributed by atoms with Crippen LogP contribution in [0.25, 0.3) is 22.3 Å². The second-order valence-corrected chi connectivity index (χ2v) is 10.4. The summed E-state index contributed by atoms with van der Waals surface area (Å²) >= 11 is 5.89. The molecule has 0 bridgehead atoms. The van der Waals surface area contributed by atoms with Gasteiger partial charge in [0, 0.05) is 24.0 Å². The van der Waals surface area contributed by atoms with Gasteiger partial charge in [-0.1, -0.05) is 11.6 Å². The lowest BCUT2D eigenvalue weighted by Crippen LogP contribution is -2.26. The predicted octanol–water partition coefficient (Wildman–Crippen LogP) is 4.23. The number of hydrogen-bond donors (Lipinski definition) is 2. The van der Waals surface area contributed by atoms with Gasteiger partial charge in [0.15, 0.2) is 5.82 Å². The smallest absolute Gasteiger partial charge is 0.234 e. The van der Waals surface area contributed by atoms with Crippen LogP contribution >= 0.6 is 11.6 Å². The largest absolute Gasteiger partial charge is 0.338 e. The van der Waals surface area contributed by atoms with Crippen molar-refractivity contribution in [2.24, 2.45) is 0 Å². The van der Waals surface area contributed by atoms with E-state index in [0.29, 0.717) is 51.7 Å². The Bertz CT molecular complexity index is 1500. The van der Waals surface area contributed by atoms with Crippen LogP contribution in [0.2, 0.25) is 5.02 Å². The summed E-state index contributed by atoms with van der Waals surface area (Å²) in [6.07, 6.45) is 3.02. The summed E-state index contributed by atoms with van der Waals surface area (Å²) in [5.74, 6) is -0.160. The first kappa shape index (κ1) is 24.7. The van der Waals surface area contributed by atoms with Crippen LogP contribution < -0.4 is 10.0 Å². The van der Waals surface area contributed by atoms with Gasteiger partial charge in [0.05, 0.1) is 33.4 Å². The summed E-state index contributed by atoms with van der Waals surface area (Å²) in [6.45, 7) is 2.12. The molecule has 0 radical (unpaired) electrons. The molecule has 0 fully saturated rings. The first-order valence-corrected chi connectivity index (χ1v) is 12.6. The van der Waals surface area contributed by atoms with Crippen LogP contribution in [-0.4, -0.2) is 59.6 Å². The molecule has 9 nitrogen and oxygen atoms in total. The van der Waals surface area contributed by atoms with E-state index in [0.717, 1.165) is 0 Å².